The summed E-state index contributed by atoms with van der Waals surface area (Å²) in [5.74, 6) is 0.0303. The van der Waals surface area contributed by atoms with E-state index < -0.39 is 10.9 Å². The summed E-state index contributed by atoms with van der Waals surface area (Å²) in [6, 6.07) is 4.31. The van der Waals surface area contributed by atoms with Gasteiger partial charge in [-0.3, -0.25) is 15.2 Å². The van der Waals surface area contributed by atoms with Crippen molar-refractivity contribution in [2.24, 2.45) is 0 Å². The molecule has 0 amide bonds. The predicted octanol–water partition coefficient (Wildman–Crippen LogP) is 2.07. The zero-order valence-corrected chi connectivity index (χ0v) is 12.5. The number of nitro groups is 1. The first-order valence-electron chi connectivity index (χ1n) is 6.67. The summed E-state index contributed by atoms with van der Waals surface area (Å²) >= 11 is 0. The van der Waals surface area contributed by atoms with Gasteiger partial charge in [-0.2, -0.15) is 5.10 Å². The molecule has 0 bridgehead atoms. The average molecular weight is 317 g/mol. The fourth-order valence-electron chi connectivity index (χ4n) is 1.88. The second-order valence-corrected chi connectivity index (χ2v) is 4.63. The van der Waals surface area contributed by atoms with E-state index in [1.54, 1.807) is 19.1 Å². The van der Waals surface area contributed by atoms with Crippen LogP contribution in [0.1, 0.15) is 24.4 Å². The highest BCUT2D eigenvalue weighted by Gasteiger charge is 2.17. The fraction of sp³-hybridized carbons (Fsp3) is 0.214. The third-order valence-electron chi connectivity index (χ3n) is 3.05. The molecule has 1 aromatic carbocycles. The normalized spacial score (nSPS) is 12.1. The van der Waals surface area contributed by atoms with Crippen LogP contribution < -0.4 is 5.32 Å². The lowest BCUT2D eigenvalue weighted by atomic mass is 10.1. The largest absolute Gasteiger partial charge is 0.466 e. The number of aromatic amines is 1. The molecule has 0 aliphatic rings. The number of nitrogens with zero attached hydrogens (tertiary/aromatic N) is 3. The second kappa shape index (κ2) is 7.16. The lowest BCUT2D eigenvalue weighted by Crippen LogP contribution is -2.10. The Morgan fingerprint density at radius 3 is 2.91 bits per heavy atom. The van der Waals surface area contributed by atoms with E-state index in [-0.39, 0.29) is 11.7 Å². The number of rotatable bonds is 6. The number of H-pyrrole nitrogens is 1. The molecule has 9 heteroatoms. The number of methoxy groups -OCH3 is 1. The minimum absolute atomic E-state index is 0.108. The van der Waals surface area contributed by atoms with Gasteiger partial charge >= 0.3 is 5.97 Å². The number of carbonyl (C=O) groups is 1. The van der Waals surface area contributed by atoms with Crippen LogP contribution in [0, 0.1) is 10.1 Å². The van der Waals surface area contributed by atoms with Gasteiger partial charge in [0.15, 0.2) is 0 Å². The predicted molar refractivity (Wildman–Crippen MR) is 82.6 cm³/mol. The van der Waals surface area contributed by atoms with Gasteiger partial charge in [-0.25, -0.2) is 9.78 Å². The maximum absolute atomic E-state index is 11.3. The molecule has 2 N–H and O–H groups in total. The first-order chi connectivity index (χ1) is 11.0. The Morgan fingerprint density at radius 1 is 1.52 bits per heavy atom. The molecule has 1 heterocycles. The van der Waals surface area contributed by atoms with E-state index in [2.05, 4.69) is 25.2 Å². The van der Waals surface area contributed by atoms with Gasteiger partial charge in [-0.05, 0) is 24.6 Å². The van der Waals surface area contributed by atoms with Crippen LogP contribution in [0.5, 0.6) is 0 Å². The summed E-state index contributed by atoms with van der Waals surface area (Å²) in [6.45, 7) is 1.80. The molecular weight excluding hydrogens is 302 g/mol. The minimum Gasteiger partial charge on any atom is -0.466 e. The lowest BCUT2D eigenvalue weighted by molar-refractivity contribution is -0.384. The highest BCUT2D eigenvalue weighted by molar-refractivity contribution is 5.87. The molecule has 2 aromatic rings. The maximum atomic E-state index is 11.3. The van der Waals surface area contributed by atoms with E-state index in [9.17, 15) is 14.9 Å². The molecule has 23 heavy (non-hydrogen) atoms. The Bertz CT molecular complexity index is 727. The summed E-state index contributed by atoms with van der Waals surface area (Å²) < 4.78 is 4.48. The Balaban J connectivity index is 2.24. The molecule has 1 unspecified atom stereocenters. The quantitative estimate of drug-likeness (QED) is 0.362. The summed E-state index contributed by atoms with van der Waals surface area (Å²) in [6.07, 6.45) is 4.01. The first-order valence-corrected chi connectivity index (χ1v) is 6.67. The van der Waals surface area contributed by atoms with Crippen molar-refractivity contribution in [3.8, 4) is 0 Å². The third-order valence-corrected chi connectivity index (χ3v) is 3.05. The van der Waals surface area contributed by atoms with Crippen LogP contribution in [0.4, 0.5) is 11.4 Å². The molecule has 1 aromatic heterocycles. The van der Waals surface area contributed by atoms with Crippen LogP contribution in [0.2, 0.25) is 0 Å². The Kier molecular flexibility index (Phi) is 5.03. The number of aromatic nitrogens is 3. The fourth-order valence-corrected chi connectivity index (χ4v) is 1.88. The molecule has 0 saturated carbocycles. The Hall–Kier alpha value is -3.23. The van der Waals surface area contributed by atoms with Crippen LogP contribution in [0.25, 0.3) is 6.08 Å². The zero-order chi connectivity index (χ0) is 16.8. The Labute approximate surface area is 131 Å². The zero-order valence-electron chi connectivity index (χ0n) is 12.5. The summed E-state index contributed by atoms with van der Waals surface area (Å²) in [4.78, 5) is 25.8. The number of esters is 1. The smallest absolute Gasteiger partial charge is 0.330 e. The molecule has 0 aliphatic heterocycles. The van der Waals surface area contributed by atoms with Gasteiger partial charge in [0.1, 0.15) is 17.8 Å². The van der Waals surface area contributed by atoms with Crippen LogP contribution in [-0.2, 0) is 9.53 Å². The van der Waals surface area contributed by atoms with Gasteiger partial charge in [-0.15, -0.1) is 0 Å². The van der Waals surface area contributed by atoms with Crippen molar-refractivity contribution in [1.82, 2.24) is 15.2 Å². The molecule has 9 nitrogen and oxygen atoms in total. The van der Waals surface area contributed by atoms with Gasteiger partial charge in [0.2, 0.25) is 0 Å². The van der Waals surface area contributed by atoms with E-state index in [1.165, 1.54) is 31.7 Å². The van der Waals surface area contributed by atoms with Crippen LogP contribution in [-0.4, -0.2) is 33.2 Å². The molecule has 0 aliphatic carbocycles. The number of ether oxygens (including phenoxy) is 1. The standard InChI is InChI=1S/C14H15N5O4/c1-9(14-15-8-16-18-14)17-11-5-3-10(4-6-13(20)23-2)7-12(11)19(21)22/h3-9,17H,1-2H3,(H,15,16,18)/b6-4+. The van der Waals surface area contributed by atoms with E-state index in [0.29, 0.717) is 17.1 Å². The second-order valence-electron chi connectivity index (χ2n) is 4.63. The van der Waals surface area contributed by atoms with E-state index in [4.69, 9.17) is 0 Å². The van der Waals surface area contributed by atoms with Crippen LogP contribution in [0.15, 0.2) is 30.6 Å². The van der Waals surface area contributed by atoms with Gasteiger partial charge in [0, 0.05) is 12.1 Å². The van der Waals surface area contributed by atoms with Gasteiger partial charge in [-0.1, -0.05) is 6.07 Å². The van der Waals surface area contributed by atoms with Crippen molar-refractivity contribution in [3.05, 3.63) is 52.1 Å². The molecule has 2 rings (SSSR count). The maximum Gasteiger partial charge on any atom is 0.330 e. The Morgan fingerprint density at radius 2 is 2.30 bits per heavy atom. The van der Waals surface area contributed by atoms with Gasteiger partial charge < -0.3 is 10.1 Å². The van der Waals surface area contributed by atoms with Crippen molar-refractivity contribution >= 4 is 23.4 Å². The topological polar surface area (TPSA) is 123 Å². The number of hydrogen-bond acceptors (Lipinski definition) is 7. The van der Waals surface area contributed by atoms with Crippen molar-refractivity contribution < 1.29 is 14.5 Å². The number of nitro benzene ring substituents is 1. The average Bonchev–Trinajstić information content (AvgIpc) is 3.07. The number of hydrogen-bond donors (Lipinski definition) is 2. The van der Waals surface area contributed by atoms with E-state index >= 15 is 0 Å². The van der Waals surface area contributed by atoms with Crippen LogP contribution >= 0.6 is 0 Å². The molecule has 0 saturated heterocycles. The number of nitrogens with one attached hydrogen (secondary N) is 2. The van der Waals surface area contributed by atoms with Crippen molar-refractivity contribution in [3.63, 3.8) is 0 Å². The summed E-state index contributed by atoms with van der Waals surface area (Å²) in [5, 5.41) is 20.7. The van der Waals surface area contributed by atoms with E-state index in [0.717, 1.165) is 0 Å². The molecule has 1 atom stereocenters. The van der Waals surface area contributed by atoms with Crippen LogP contribution in [0.3, 0.4) is 0 Å². The molecule has 0 spiro atoms. The summed E-state index contributed by atoms with van der Waals surface area (Å²) in [5.41, 5.74) is 0.748. The number of anilines is 1. The highest BCUT2D eigenvalue weighted by Crippen LogP contribution is 2.28. The van der Waals surface area contributed by atoms with E-state index in [1.807, 2.05) is 0 Å². The molecule has 120 valence electrons. The lowest BCUT2D eigenvalue weighted by Gasteiger charge is -2.13. The number of carbonyl (C=O) groups excluding carboxylic acids is 1. The van der Waals surface area contributed by atoms with Crippen molar-refractivity contribution in [1.29, 1.82) is 0 Å². The SMILES string of the molecule is COC(=O)/C=C/c1ccc(NC(C)c2ncn[nH]2)c([N+](=O)[O-])c1. The molecule has 0 radical (unpaired) electrons. The molecule has 0 fully saturated rings. The van der Waals surface area contributed by atoms with Crippen molar-refractivity contribution in [2.75, 3.05) is 12.4 Å². The minimum atomic E-state index is -0.534. The monoisotopic (exact) mass is 317 g/mol. The summed E-state index contributed by atoms with van der Waals surface area (Å²) in [7, 11) is 1.26. The highest BCUT2D eigenvalue weighted by atomic mass is 16.6. The first kappa shape index (κ1) is 16.1. The third kappa shape index (κ3) is 4.13. The van der Waals surface area contributed by atoms with Crippen molar-refractivity contribution in [2.45, 2.75) is 13.0 Å². The van der Waals surface area contributed by atoms with Gasteiger partial charge in [0.05, 0.1) is 18.1 Å². The van der Waals surface area contributed by atoms with Gasteiger partial charge in [0.25, 0.3) is 5.69 Å². The number of benzene rings is 1. The molecular formula is C14H15N5O4.